The van der Waals surface area contributed by atoms with Crippen molar-refractivity contribution in [3.63, 3.8) is 0 Å². The van der Waals surface area contributed by atoms with Gasteiger partial charge in [-0.15, -0.1) is 0 Å². The third-order valence-corrected chi connectivity index (χ3v) is 7.14. The average molecular weight is 498 g/mol. The summed E-state index contributed by atoms with van der Waals surface area (Å²) in [4.78, 5) is 14.6. The van der Waals surface area contributed by atoms with Crippen molar-refractivity contribution in [1.82, 2.24) is 4.90 Å². The molecule has 1 amide bonds. The van der Waals surface area contributed by atoms with Crippen LogP contribution in [0, 0.1) is 5.82 Å². The van der Waals surface area contributed by atoms with Gasteiger partial charge < -0.3 is 19.1 Å². The van der Waals surface area contributed by atoms with E-state index < -0.39 is 5.60 Å². The molecule has 2 heterocycles. The number of amides is 1. The van der Waals surface area contributed by atoms with Gasteiger partial charge in [0.25, 0.3) is 0 Å². The number of rotatable bonds is 4. The van der Waals surface area contributed by atoms with Crippen LogP contribution in [0.5, 0.6) is 5.75 Å². The Labute approximate surface area is 192 Å². The number of benzene rings is 1. The Morgan fingerprint density at radius 1 is 1.00 bits per heavy atom. The standard InChI is InChI=1S/C24H33BrFNO4/c1-24(2,3)31-23(28)27-15-4-5-16(27)13-20(12-15)30-18-8-6-17(7-9-18)29-19-10-11-21(25)22(26)14-19/h10-11,14-18,20H,4-9,12-13H2,1-3H3/t15-,16+,17?,18?,20?. The number of ether oxygens (including phenoxy) is 3. The lowest BCUT2D eigenvalue weighted by atomic mass is 9.93. The molecule has 0 N–H and O–H groups in total. The van der Waals surface area contributed by atoms with Crippen LogP contribution in [0.15, 0.2) is 22.7 Å². The Morgan fingerprint density at radius 2 is 1.61 bits per heavy atom. The van der Waals surface area contributed by atoms with Crippen LogP contribution in [0.25, 0.3) is 0 Å². The number of piperidine rings is 1. The molecule has 7 heteroatoms. The van der Waals surface area contributed by atoms with Gasteiger partial charge in [-0.25, -0.2) is 9.18 Å². The summed E-state index contributed by atoms with van der Waals surface area (Å²) in [7, 11) is 0. The molecule has 3 atom stereocenters. The van der Waals surface area contributed by atoms with Gasteiger partial charge in [0.2, 0.25) is 0 Å². The molecular weight excluding hydrogens is 465 g/mol. The monoisotopic (exact) mass is 497 g/mol. The summed E-state index contributed by atoms with van der Waals surface area (Å²) in [5.41, 5.74) is -0.466. The van der Waals surface area contributed by atoms with Crippen molar-refractivity contribution < 1.29 is 23.4 Å². The van der Waals surface area contributed by atoms with Crippen LogP contribution in [-0.2, 0) is 9.47 Å². The average Bonchev–Trinajstić information content (AvgIpc) is 2.96. The Bertz CT molecular complexity index is 776. The molecule has 3 aliphatic rings. The maximum Gasteiger partial charge on any atom is 0.410 e. The smallest absolute Gasteiger partial charge is 0.410 e. The second-order valence-corrected chi connectivity index (χ2v) is 10.9. The minimum Gasteiger partial charge on any atom is -0.490 e. The van der Waals surface area contributed by atoms with Crippen LogP contribution >= 0.6 is 15.9 Å². The highest BCUT2D eigenvalue weighted by molar-refractivity contribution is 9.10. The molecule has 1 aliphatic carbocycles. The zero-order valence-electron chi connectivity index (χ0n) is 18.6. The van der Waals surface area contributed by atoms with Crippen molar-refractivity contribution in [3.05, 3.63) is 28.5 Å². The van der Waals surface area contributed by atoms with Gasteiger partial charge in [-0.2, -0.15) is 0 Å². The lowest BCUT2D eigenvalue weighted by molar-refractivity contribution is -0.0813. The number of carbonyl (C=O) groups excluding carboxylic acids is 1. The van der Waals surface area contributed by atoms with Gasteiger partial charge in [0.1, 0.15) is 17.2 Å². The van der Waals surface area contributed by atoms with Crippen LogP contribution in [0.4, 0.5) is 9.18 Å². The van der Waals surface area contributed by atoms with E-state index >= 15 is 0 Å². The molecule has 0 radical (unpaired) electrons. The Kier molecular flexibility index (Phi) is 6.82. The fraction of sp³-hybridized carbons (Fsp3) is 0.708. The molecule has 2 bridgehead atoms. The van der Waals surface area contributed by atoms with E-state index in [1.807, 2.05) is 25.7 Å². The molecule has 0 spiro atoms. The highest BCUT2D eigenvalue weighted by Crippen LogP contribution is 2.39. The fourth-order valence-electron chi connectivity index (χ4n) is 5.15. The van der Waals surface area contributed by atoms with Crippen LogP contribution in [0.2, 0.25) is 0 Å². The van der Waals surface area contributed by atoms with Gasteiger partial charge in [0.15, 0.2) is 0 Å². The molecule has 0 aromatic heterocycles. The quantitative estimate of drug-likeness (QED) is 0.494. The molecule has 1 unspecified atom stereocenters. The van der Waals surface area contributed by atoms with Crippen molar-refractivity contribution in [1.29, 1.82) is 0 Å². The lowest BCUT2D eigenvalue weighted by Gasteiger charge is -2.41. The van der Waals surface area contributed by atoms with E-state index in [0.29, 0.717) is 10.2 Å². The molecule has 3 fully saturated rings. The van der Waals surface area contributed by atoms with Crippen molar-refractivity contribution >= 4 is 22.0 Å². The predicted molar refractivity (Wildman–Crippen MR) is 120 cm³/mol. The first-order chi connectivity index (χ1) is 14.7. The number of hydrogen-bond donors (Lipinski definition) is 0. The van der Waals surface area contributed by atoms with Gasteiger partial charge in [-0.1, -0.05) is 0 Å². The lowest BCUT2D eigenvalue weighted by Crippen LogP contribution is -2.50. The third kappa shape index (κ3) is 5.72. The zero-order chi connectivity index (χ0) is 22.2. The zero-order valence-corrected chi connectivity index (χ0v) is 20.2. The van der Waals surface area contributed by atoms with Crippen LogP contribution in [-0.4, -0.2) is 47.0 Å². The van der Waals surface area contributed by atoms with Crippen molar-refractivity contribution in [2.75, 3.05) is 0 Å². The first-order valence-electron chi connectivity index (χ1n) is 11.5. The van der Waals surface area contributed by atoms with Crippen LogP contribution in [0.3, 0.4) is 0 Å². The highest BCUT2D eigenvalue weighted by atomic mass is 79.9. The summed E-state index contributed by atoms with van der Waals surface area (Å²) in [6.07, 6.45) is 7.94. The van der Waals surface area contributed by atoms with E-state index in [1.165, 1.54) is 6.07 Å². The molecule has 31 heavy (non-hydrogen) atoms. The van der Waals surface area contributed by atoms with Gasteiger partial charge in [-0.3, -0.25) is 0 Å². The SMILES string of the molecule is CC(C)(C)OC(=O)N1[C@@H]2CC[C@H]1CC(OC1CCC(Oc3ccc(Br)c(F)c3)CC1)C2. The van der Waals surface area contributed by atoms with E-state index in [4.69, 9.17) is 14.2 Å². The highest BCUT2D eigenvalue weighted by Gasteiger charge is 2.45. The van der Waals surface area contributed by atoms with Crippen molar-refractivity contribution in [3.8, 4) is 5.75 Å². The van der Waals surface area contributed by atoms with E-state index in [9.17, 15) is 9.18 Å². The molecule has 5 nitrogen and oxygen atoms in total. The number of fused-ring (bicyclic) bond motifs is 2. The van der Waals surface area contributed by atoms with Crippen LogP contribution < -0.4 is 4.74 Å². The second-order valence-electron chi connectivity index (χ2n) is 10.1. The van der Waals surface area contributed by atoms with Gasteiger partial charge in [0.05, 0.1) is 22.8 Å². The second kappa shape index (κ2) is 9.26. The number of halogens is 2. The summed E-state index contributed by atoms with van der Waals surface area (Å²) < 4.78 is 32.2. The van der Waals surface area contributed by atoms with Crippen molar-refractivity contribution in [2.45, 2.75) is 108 Å². The van der Waals surface area contributed by atoms with Crippen LogP contribution in [0.1, 0.15) is 72.1 Å². The summed E-state index contributed by atoms with van der Waals surface area (Å²) >= 11 is 3.17. The summed E-state index contributed by atoms with van der Waals surface area (Å²) in [5, 5.41) is 0. The Morgan fingerprint density at radius 3 is 2.19 bits per heavy atom. The molecular formula is C24H33BrFNO4. The summed E-state index contributed by atoms with van der Waals surface area (Å²) in [6.45, 7) is 5.74. The summed E-state index contributed by atoms with van der Waals surface area (Å²) in [5.74, 6) is 0.276. The van der Waals surface area contributed by atoms with Gasteiger partial charge in [-0.05, 0) is 100 Å². The molecule has 2 saturated heterocycles. The largest absolute Gasteiger partial charge is 0.490 e. The summed E-state index contributed by atoms with van der Waals surface area (Å²) in [6, 6.07) is 5.36. The normalized spacial score (nSPS) is 30.9. The molecule has 1 aromatic rings. The first kappa shape index (κ1) is 22.8. The molecule has 4 rings (SSSR count). The number of hydrogen-bond acceptors (Lipinski definition) is 4. The van der Waals surface area contributed by atoms with E-state index in [0.717, 1.165) is 51.4 Å². The molecule has 1 aromatic carbocycles. The van der Waals surface area contributed by atoms with Gasteiger partial charge in [0, 0.05) is 18.2 Å². The van der Waals surface area contributed by atoms with E-state index in [2.05, 4.69) is 15.9 Å². The van der Waals surface area contributed by atoms with E-state index in [1.54, 1.807) is 12.1 Å². The Hall–Kier alpha value is -1.34. The number of carbonyl (C=O) groups is 1. The first-order valence-corrected chi connectivity index (χ1v) is 12.3. The molecule has 2 aliphatic heterocycles. The minimum atomic E-state index is -0.466. The number of nitrogens with zero attached hydrogens (tertiary/aromatic N) is 1. The van der Waals surface area contributed by atoms with Crippen molar-refractivity contribution in [2.24, 2.45) is 0 Å². The minimum absolute atomic E-state index is 0.102. The fourth-order valence-corrected chi connectivity index (χ4v) is 5.40. The Balaban J connectivity index is 1.24. The third-order valence-electron chi connectivity index (χ3n) is 6.49. The molecule has 1 saturated carbocycles. The topological polar surface area (TPSA) is 48.0 Å². The maximum absolute atomic E-state index is 13.7. The maximum atomic E-state index is 13.7. The van der Waals surface area contributed by atoms with E-state index in [-0.39, 0.29) is 42.3 Å². The van der Waals surface area contributed by atoms with Gasteiger partial charge >= 0.3 is 6.09 Å². The predicted octanol–water partition coefficient (Wildman–Crippen LogP) is 6.23. The molecule has 172 valence electrons.